The van der Waals surface area contributed by atoms with Gasteiger partial charge < -0.3 is 18.4 Å². The fraction of sp³-hybridized carbons (Fsp3) is 0.234. The van der Waals surface area contributed by atoms with Gasteiger partial charge in [0.2, 0.25) is 6.33 Å². The fourth-order valence-corrected chi connectivity index (χ4v) is 10.8. The van der Waals surface area contributed by atoms with Crippen LogP contribution in [0.5, 0.6) is 11.5 Å². The Labute approximate surface area is 324 Å². The van der Waals surface area contributed by atoms with Crippen LogP contribution in [-0.2, 0) is 33.5 Å². The summed E-state index contributed by atoms with van der Waals surface area (Å²) in [5.74, 6) is 5.26. The van der Waals surface area contributed by atoms with Crippen molar-refractivity contribution in [2.24, 2.45) is 30.7 Å². The van der Waals surface area contributed by atoms with Crippen LogP contribution in [0, 0.1) is 42.1 Å². The topological polar surface area (TPSA) is 35.9 Å². The van der Waals surface area contributed by atoms with Crippen LogP contribution in [0.3, 0.4) is 0 Å². The Bertz CT molecular complexity index is 2630. The minimum atomic E-state index is 0. The first kappa shape index (κ1) is 32.6. The molecule has 4 aliphatic carbocycles. The molecule has 6 heteroatoms. The molecule has 5 aromatic carbocycles. The van der Waals surface area contributed by atoms with Crippen LogP contribution in [0.15, 0.2) is 128 Å². The van der Waals surface area contributed by atoms with Crippen LogP contribution in [-0.4, -0.2) is 14.1 Å². The van der Waals surface area contributed by atoms with E-state index in [1.807, 2.05) is 58.8 Å². The Balaban J connectivity index is 0.00000349. The van der Waals surface area contributed by atoms with Crippen LogP contribution in [0.4, 0.5) is 0 Å². The maximum atomic E-state index is 6.53. The number of benzene rings is 5. The molecule has 12 rings (SSSR count). The molecule has 4 bridgehead atoms. The summed E-state index contributed by atoms with van der Waals surface area (Å²) >= 11 is 0. The van der Waals surface area contributed by atoms with Crippen molar-refractivity contribution in [3.63, 3.8) is 0 Å². The number of nitrogens with zero attached hydrogens (tertiary/aromatic N) is 4. The maximum Gasteiger partial charge on any atom is 0.242 e. The van der Waals surface area contributed by atoms with E-state index >= 15 is 0 Å². The van der Waals surface area contributed by atoms with Gasteiger partial charge in [-0.05, 0) is 90.5 Å². The van der Waals surface area contributed by atoms with Gasteiger partial charge in [-0.3, -0.25) is 0 Å². The largest absolute Gasteiger partial charge is 0.510 e. The van der Waals surface area contributed by atoms with Gasteiger partial charge in [0.1, 0.15) is 5.82 Å². The number of pyridine rings is 1. The van der Waals surface area contributed by atoms with Crippen molar-refractivity contribution in [3.8, 4) is 23.0 Å². The Morgan fingerprint density at radius 3 is 2.21 bits per heavy atom. The molecule has 4 fully saturated rings. The molecule has 0 saturated heterocycles. The summed E-state index contributed by atoms with van der Waals surface area (Å²) in [5, 5.41) is 2.30. The predicted octanol–water partition coefficient (Wildman–Crippen LogP) is 9.88. The molecule has 0 radical (unpaired) electrons. The van der Waals surface area contributed by atoms with Gasteiger partial charge in [-0.2, -0.15) is 18.2 Å². The van der Waals surface area contributed by atoms with E-state index in [0.717, 1.165) is 50.8 Å². The number of aromatic nitrogens is 4. The van der Waals surface area contributed by atoms with Crippen molar-refractivity contribution in [1.82, 2.24) is 14.1 Å². The number of hydrogen-bond acceptors (Lipinski definition) is 2. The summed E-state index contributed by atoms with van der Waals surface area (Å²) in [6.45, 7) is 0. The third-order valence-corrected chi connectivity index (χ3v) is 12.6. The van der Waals surface area contributed by atoms with E-state index in [2.05, 4.69) is 108 Å². The Hall–Kier alpha value is -4.99. The zero-order valence-corrected chi connectivity index (χ0v) is 31.8. The van der Waals surface area contributed by atoms with E-state index < -0.39 is 0 Å². The van der Waals surface area contributed by atoms with E-state index in [0.29, 0.717) is 23.3 Å². The van der Waals surface area contributed by atoms with Crippen molar-refractivity contribution < 1.29 is 30.4 Å². The van der Waals surface area contributed by atoms with Gasteiger partial charge in [0.25, 0.3) is 0 Å². The molecule has 0 aliphatic heterocycles. The Morgan fingerprint density at radius 2 is 1.40 bits per heavy atom. The van der Waals surface area contributed by atoms with E-state index in [4.69, 9.17) is 9.72 Å². The summed E-state index contributed by atoms with van der Waals surface area (Å²) in [5.41, 5.74) is 7.98. The fourth-order valence-electron chi connectivity index (χ4n) is 10.8. The average Bonchev–Trinajstić information content (AvgIpc) is 3.69. The average molecular weight is 870 g/mol. The van der Waals surface area contributed by atoms with E-state index in [1.165, 1.54) is 48.6 Å². The molecule has 0 unspecified atom stereocenters. The Kier molecular flexibility index (Phi) is 7.74. The normalized spacial score (nSPS) is 23.1. The van der Waals surface area contributed by atoms with Crippen LogP contribution < -0.4 is 9.30 Å². The number of aryl methyl sites for hydroxylation is 1. The number of rotatable bonds is 6. The molecule has 4 aliphatic rings. The molecule has 5 nitrogen and oxygen atoms in total. The van der Waals surface area contributed by atoms with Gasteiger partial charge in [0.05, 0.1) is 18.1 Å². The number of ether oxygens (including phenoxy) is 1. The minimum absolute atomic E-state index is 0. The molecule has 0 spiro atoms. The van der Waals surface area contributed by atoms with E-state index in [9.17, 15) is 0 Å². The van der Waals surface area contributed by atoms with Gasteiger partial charge >= 0.3 is 0 Å². The third-order valence-electron chi connectivity index (χ3n) is 12.6. The quantitative estimate of drug-likeness (QED) is 0.123. The molecule has 4 saturated carbocycles. The van der Waals surface area contributed by atoms with Crippen molar-refractivity contribution in [3.05, 3.63) is 157 Å². The second-order valence-electron chi connectivity index (χ2n) is 15.4. The maximum absolute atomic E-state index is 6.53. The summed E-state index contributed by atoms with van der Waals surface area (Å²) in [7, 11) is 2.01. The van der Waals surface area contributed by atoms with Crippen molar-refractivity contribution >= 4 is 32.8 Å². The van der Waals surface area contributed by atoms with Crippen LogP contribution >= 0.6 is 0 Å². The second kappa shape index (κ2) is 12.6. The number of fused-ring (bicyclic) bond motifs is 4. The van der Waals surface area contributed by atoms with Crippen LogP contribution in [0.25, 0.3) is 44.3 Å². The zero-order chi connectivity index (χ0) is 34.4. The third kappa shape index (κ3) is 5.00. The van der Waals surface area contributed by atoms with Crippen LogP contribution in [0.2, 0.25) is 0 Å². The van der Waals surface area contributed by atoms with Gasteiger partial charge in [-0.1, -0.05) is 84.0 Å². The molecule has 8 aromatic rings. The van der Waals surface area contributed by atoms with Crippen molar-refractivity contribution in [1.29, 1.82) is 0 Å². The standard InChI is InChI=1S/C47H38N4O.Pt/c1-49-30-50(44-17-8-7-16-43(44)49)37-12-9-13-38(28-37)52-39-18-19-41-40-14-5-6-15-42(40)51(45(41)29-39)46-27-34(20-21-48-46)47(33-10-3-2-4-11-33)35-23-31-22-32(25-35)26-36(47)24-31;/h2-21,27,31-32,35-36H,22-26H2,1H3;/q-2;. The molecular weight excluding hydrogens is 832 g/mol. The van der Waals surface area contributed by atoms with Gasteiger partial charge in [-0.15, -0.1) is 29.7 Å². The second-order valence-corrected chi connectivity index (χ2v) is 15.4. The first-order chi connectivity index (χ1) is 25.6. The SMILES string of the molecule is C[n+]1[c-]n(-c2[c-]c(Oc3[c-]c4c(cc3)c3ccccc3n4-c3cc(C4(c5ccccc5)C5CC6CC(C5)CC4C6)ccn3)ccc2)c2ccccc21.[Pt]. The van der Waals surface area contributed by atoms with Crippen molar-refractivity contribution in [2.45, 2.75) is 37.5 Å². The molecule has 0 atom stereocenters. The minimum Gasteiger partial charge on any atom is -0.510 e. The van der Waals surface area contributed by atoms with Gasteiger partial charge in [0.15, 0.2) is 0 Å². The summed E-state index contributed by atoms with van der Waals surface area (Å²) in [6.07, 6.45) is 12.2. The number of para-hydroxylation sites is 3. The zero-order valence-electron chi connectivity index (χ0n) is 29.5. The smallest absolute Gasteiger partial charge is 0.242 e. The molecule has 3 aromatic heterocycles. The van der Waals surface area contributed by atoms with Crippen LogP contribution in [0.1, 0.15) is 43.2 Å². The predicted molar refractivity (Wildman–Crippen MR) is 204 cm³/mol. The summed E-state index contributed by atoms with van der Waals surface area (Å²) in [6, 6.07) is 50.4. The monoisotopic (exact) mass is 869 g/mol. The first-order valence-electron chi connectivity index (χ1n) is 18.7. The van der Waals surface area contributed by atoms with Gasteiger partial charge in [0, 0.05) is 49.7 Å². The number of imidazole rings is 1. The van der Waals surface area contributed by atoms with Crippen molar-refractivity contribution in [2.75, 3.05) is 0 Å². The van der Waals surface area contributed by atoms with Gasteiger partial charge in [-0.25, -0.2) is 4.98 Å². The summed E-state index contributed by atoms with van der Waals surface area (Å²) < 4.78 is 12.9. The molecule has 53 heavy (non-hydrogen) atoms. The Morgan fingerprint density at radius 1 is 0.679 bits per heavy atom. The molecular formula is C47H38N4OPt-2. The molecule has 0 amide bonds. The molecule has 3 heterocycles. The molecule has 0 N–H and O–H groups in total. The summed E-state index contributed by atoms with van der Waals surface area (Å²) in [4.78, 5) is 5.09. The molecule has 264 valence electrons. The van der Waals surface area contributed by atoms with E-state index in [1.54, 1.807) is 0 Å². The number of hydrogen-bond donors (Lipinski definition) is 0. The van der Waals surface area contributed by atoms with E-state index in [-0.39, 0.29) is 26.5 Å². The first-order valence-corrected chi connectivity index (χ1v) is 18.7.